The molecule has 3 heterocycles. The Morgan fingerprint density at radius 2 is 1.61 bits per heavy atom. The Bertz CT molecular complexity index is 1180. The minimum Gasteiger partial charge on any atom is -0.492 e. The third kappa shape index (κ3) is 7.04. The number of rotatable bonds is 5. The van der Waals surface area contributed by atoms with Gasteiger partial charge < -0.3 is 19.1 Å². The maximum absolute atomic E-state index is 13.6. The molecule has 2 aromatic carbocycles. The molecule has 1 saturated heterocycles. The van der Waals surface area contributed by atoms with Crippen molar-refractivity contribution in [3.05, 3.63) is 78.0 Å². The molecule has 5 rings (SSSR count). The molecule has 38 heavy (non-hydrogen) atoms. The van der Waals surface area contributed by atoms with Gasteiger partial charge in [0.1, 0.15) is 12.4 Å². The zero-order chi connectivity index (χ0) is 26.0. The minimum absolute atomic E-state index is 0.00816. The first-order valence-corrected chi connectivity index (χ1v) is 13.8. The summed E-state index contributed by atoms with van der Waals surface area (Å²) in [6, 6.07) is 19.0. The van der Waals surface area contributed by atoms with Gasteiger partial charge in [-0.1, -0.05) is 24.6 Å². The van der Waals surface area contributed by atoms with Crippen molar-refractivity contribution in [3.63, 3.8) is 0 Å². The fraction of sp³-hybridized carbons (Fsp3) is 0.419. The van der Waals surface area contributed by atoms with Crippen LogP contribution >= 0.6 is 0 Å². The van der Waals surface area contributed by atoms with Gasteiger partial charge in [0.25, 0.3) is 5.91 Å². The Morgan fingerprint density at radius 1 is 0.842 bits per heavy atom. The van der Waals surface area contributed by atoms with E-state index in [-0.39, 0.29) is 5.91 Å². The number of nitrogens with zero attached hydrogens (tertiary/aromatic N) is 3. The largest absolute Gasteiger partial charge is 0.492 e. The number of piperidine rings is 1. The number of para-hydroxylation sites is 2. The molecular weight excluding hydrogens is 478 g/mol. The van der Waals surface area contributed by atoms with E-state index < -0.39 is 0 Å². The molecule has 200 valence electrons. The van der Waals surface area contributed by atoms with E-state index in [1.54, 1.807) is 6.20 Å². The number of carbonyl (C=O) groups excluding carboxylic acids is 1. The molecule has 0 bridgehead atoms. The van der Waals surface area contributed by atoms with Gasteiger partial charge in [0.05, 0.1) is 13.2 Å². The SMILES string of the molecule is O=C(c1ccc(OCCN2CCCCC2)cc1)N1CCCCCOc2ccccc2Oc2ncccc2C1. The lowest BCUT2D eigenvalue weighted by Gasteiger charge is -2.26. The van der Waals surface area contributed by atoms with Gasteiger partial charge in [0.2, 0.25) is 5.88 Å². The number of benzene rings is 2. The van der Waals surface area contributed by atoms with Crippen LogP contribution in [-0.4, -0.2) is 60.1 Å². The van der Waals surface area contributed by atoms with Crippen LogP contribution in [0.1, 0.15) is 54.4 Å². The maximum Gasteiger partial charge on any atom is 0.254 e. The summed E-state index contributed by atoms with van der Waals surface area (Å²) in [7, 11) is 0. The molecule has 0 N–H and O–H groups in total. The predicted octanol–water partition coefficient (Wildman–Crippen LogP) is 5.94. The fourth-order valence-corrected chi connectivity index (χ4v) is 4.97. The second-order valence-corrected chi connectivity index (χ2v) is 9.93. The number of pyridine rings is 1. The first kappa shape index (κ1) is 26.0. The zero-order valence-electron chi connectivity index (χ0n) is 22.0. The molecule has 0 radical (unpaired) electrons. The third-order valence-electron chi connectivity index (χ3n) is 7.11. The minimum atomic E-state index is -0.00816. The van der Waals surface area contributed by atoms with Crippen molar-refractivity contribution in [2.45, 2.75) is 45.1 Å². The number of likely N-dealkylation sites (tertiary alicyclic amines) is 1. The van der Waals surface area contributed by atoms with Gasteiger partial charge in [0, 0.05) is 30.4 Å². The topological polar surface area (TPSA) is 64.1 Å². The standard InChI is InChI=1S/C31H37N3O4/c35-31(25-13-15-27(16-14-25)36-23-21-33-18-5-1-6-19-33)34-20-7-2-8-22-37-28-11-3-4-12-29(28)38-30-26(24-34)10-9-17-32-30/h3-4,9-17H,1-2,5-8,18-24H2. The van der Waals surface area contributed by atoms with Crippen molar-refractivity contribution in [2.75, 3.05) is 39.4 Å². The second-order valence-electron chi connectivity index (χ2n) is 9.93. The summed E-state index contributed by atoms with van der Waals surface area (Å²) < 4.78 is 18.1. The van der Waals surface area contributed by atoms with Gasteiger partial charge in [-0.15, -0.1) is 0 Å². The van der Waals surface area contributed by atoms with E-state index in [9.17, 15) is 4.79 Å². The predicted molar refractivity (Wildman–Crippen MR) is 147 cm³/mol. The summed E-state index contributed by atoms with van der Waals surface area (Å²) in [5.41, 5.74) is 1.50. The number of ether oxygens (including phenoxy) is 3. The van der Waals surface area contributed by atoms with Crippen molar-refractivity contribution < 1.29 is 19.0 Å². The number of carbonyl (C=O) groups is 1. The van der Waals surface area contributed by atoms with E-state index in [2.05, 4.69) is 9.88 Å². The van der Waals surface area contributed by atoms with Crippen molar-refractivity contribution in [2.24, 2.45) is 0 Å². The van der Waals surface area contributed by atoms with Crippen LogP contribution in [0.4, 0.5) is 0 Å². The van der Waals surface area contributed by atoms with Crippen LogP contribution in [0.2, 0.25) is 0 Å². The van der Waals surface area contributed by atoms with Gasteiger partial charge >= 0.3 is 0 Å². The molecule has 1 fully saturated rings. The molecule has 0 aliphatic carbocycles. The molecule has 1 amide bonds. The van der Waals surface area contributed by atoms with Crippen LogP contribution in [0.25, 0.3) is 0 Å². The van der Waals surface area contributed by atoms with Crippen molar-refractivity contribution in [3.8, 4) is 23.1 Å². The number of hydrogen-bond donors (Lipinski definition) is 0. The molecule has 3 aromatic rings. The maximum atomic E-state index is 13.6. The summed E-state index contributed by atoms with van der Waals surface area (Å²) in [6.07, 6.45) is 8.37. The number of aromatic nitrogens is 1. The van der Waals surface area contributed by atoms with E-state index in [1.165, 1.54) is 19.3 Å². The molecule has 0 saturated carbocycles. The molecule has 0 spiro atoms. The van der Waals surface area contributed by atoms with Crippen LogP contribution in [0, 0.1) is 0 Å². The van der Waals surface area contributed by atoms with Gasteiger partial charge in [-0.05, 0) is 87.7 Å². The molecule has 2 aliphatic rings. The summed E-state index contributed by atoms with van der Waals surface area (Å²) >= 11 is 0. The molecule has 7 heteroatoms. The highest BCUT2D eigenvalue weighted by Gasteiger charge is 2.20. The Labute approximate surface area is 225 Å². The summed E-state index contributed by atoms with van der Waals surface area (Å²) in [4.78, 5) is 22.4. The van der Waals surface area contributed by atoms with Crippen LogP contribution in [0.15, 0.2) is 66.9 Å². The monoisotopic (exact) mass is 515 g/mol. The van der Waals surface area contributed by atoms with Gasteiger partial charge in [-0.3, -0.25) is 9.69 Å². The van der Waals surface area contributed by atoms with E-state index in [0.717, 1.165) is 50.2 Å². The first-order chi connectivity index (χ1) is 18.8. The van der Waals surface area contributed by atoms with Crippen LogP contribution < -0.4 is 14.2 Å². The Morgan fingerprint density at radius 3 is 2.45 bits per heavy atom. The quantitative estimate of drug-likeness (QED) is 0.419. The van der Waals surface area contributed by atoms with E-state index in [4.69, 9.17) is 14.2 Å². The average molecular weight is 516 g/mol. The van der Waals surface area contributed by atoms with Gasteiger partial charge in [-0.25, -0.2) is 4.98 Å². The Kier molecular flexibility index (Phi) is 9.11. The highest BCUT2D eigenvalue weighted by Crippen LogP contribution is 2.33. The zero-order valence-corrected chi connectivity index (χ0v) is 22.0. The van der Waals surface area contributed by atoms with Crippen LogP contribution in [0.3, 0.4) is 0 Å². The van der Waals surface area contributed by atoms with Crippen molar-refractivity contribution in [1.29, 1.82) is 0 Å². The lowest BCUT2D eigenvalue weighted by molar-refractivity contribution is 0.0738. The smallest absolute Gasteiger partial charge is 0.254 e. The summed E-state index contributed by atoms with van der Waals surface area (Å²) in [6.45, 7) is 5.59. The van der Waals surface area contributed by atoms with Crippen molar-refractivity contribution >= 4 is 5.91 Å². The van der Waals surface area contributed by atoms with Gasteiger partial charge in [0.15, 0.2) is 11.5 Å². The Balaban J connectivity index is 1.27. The second kappa shape index (κ2) is 13.3. The van der Waals surface area contributed by atoms with E-state index in [0.29, 0.717) is 49.2 Å². The van der Waals surface area contributed by atoms with Crippen LogP contribution in [0.5, 0.6) is 23.1 Å². The lowest BCUT2D eigenvalue weighted by atomic mass is 10.1. The molecule has 1 aromatic heterocycles. The average Bonchev–Trinajstić information content (AvgIpc) is 2.97. The Hall–Kier alpha value is -3.58. The highest BCUT2D eigenvalue weighted by atomic mass is 16.5. The van der Waals surface area contributed by atoms with E-state index in [1.807, 2.05) is 65.6 Å². The molecule has 0 unspecified atom stereocenters. The van der Waals surface area contributed by atoms with Crippen molar-refractivity contribution in [1.82, 2.24) is 14.8 Å². The normalized spacial score (nSPS) is 16.9. The highest BCUT2D eigenvalue weighted by molar-refractivity contribution is 5.94. The number of amides is 1. The van der Waals surface area contributed by atoms with Crippen LogP contribution in [-0.2, 0) is 6.54 Å². The third-order valence-corrected chi connectivity index (χ3v) is 7.11. The fourth-order valence-electron chi connectivity index (χ4n) is 4.97. The number of hydrogen-bond acceptors (Lipinski definition) is 6. The van der Waals surface area contributed by atoms with Gasteiger partial charge in [-0.2, -0.15) is 0 Å². The molecule has 7 nitrogen and oxygen atoms in total. The molecular formula is C31H37N3O4. The van der Waals surface area contributed by atoms with E-state index >= 15 is 0 Å². The molecule has 0 atom stereocenters. The molecule has 2 aliphatic heterocycles. The number of fused-ring (bicyclic) bond motifs is 2. The summed E-state index contributed by atoms with van der Waals surface area (Å²) in [5, 5.41) is 0. The first-order valence-electron chi connectivity index (χ1n) is 13.8. The summed E-state index contributed by atoms with van der Waals surface area (Å²) in [5.74, 6) is 2.60. The lowest BCUT2D eigenvalue weighted by Crippen LogP contribution is -2.33.